The van der Waals surface area contributed by atoms with Crippen LogP contribution >= 0.6 is 34.8 Å². The van der Waals surface area contributed by atoms with Crippen LogP contribution in [0.4, 0.5) is 8.78 Å². The second kappa shape index (κ2) is 6.97. The van der Waals surface area contributed by atoms with E-state index in [1.165, 1.54) is 16.9 Å². The molecule has 6 nitrogen and oxygen atoms in total. The van der Waals surface area contributed by atoms with Gasteiger partial charge in [-0.2, -0.15) is 5.10 Å². The summed E-state index contributed by atoms with van der Waals surface area (Å²) < 4.78 is 37.5. The molecule has 0 saturated carbocycles. The van der Waals surface area contributed by atoms with E-state index >= 15 is 0 Å². The number of nitrogens with zero attached hydrogens (tertiary/aromatic N) is 3. The molecule has 1 aromatic carbocycles. The molecule has 0 amide bonds. The predicted octanol–water partition coefficient (Wildman–Crippen LogP) is 3.69. The zero-order valence-electron chi connectivity index (χ0n) is 14.2. The molecule has 3 aromatic rings. The molecule has 1 aliphatic heterocycles. The molecule has 2 aromatic heterocycles. The molecule has 27 heavy (non-hydrogen) atoms. The van der Waals surface area contributed by atoms with Gasteiger partial charge in [-0.25, -0.2) is 13.6 Å². The zero-order valence-corrected chi connectivity index (χ0v) is 17.2. The van der Waals surface area contributed by atoms with Gasteiger partial charge in [0.15, 0.2) is 10.8 Å². The van der Waals surface area contributed by atoms with Gasteiger partial charge >= 0.3 is 5.97 Å². The van der Waals surface area contributed by atoms with E-state index in [4.69, 9.17) is 17.0 Å². The van der Waals surface area contributed by atoms with Crippen molar-refractivity contribution in [3.63, 3.8) is 0 Å². The molecule has 0 aliphatic carbocycles. The quantitative estimate of drug-likeness (QED) is 0.335. The van der Waals surface area contributed by atoms with Gasteiger partial charge in [0.1, 0.15) is 12.0 Å². The number of imidazole rings is 1. The predicted molar refractivity (Wildman–Crippen MR) is 105 cm³/mol. The number of halogens is 3. The maximum Gasteiger partial charge on any atom is 0.337 e. The Morgan fingerprint density at radius 1 is 1.56 bits per heavy atom. The van der Waals surface area contributed by atoms with Gasteiger partial charge in [0.25, 0.3) is 0 Å². The van der Waals surface area contributed by atoms with Crippen LogP contribution in [0.15, 0.2) is 18.3 Å². The number of esters is 1. The van der Waals surface area contributed by atoms with Crippen molar-refractivity contribution in [2.45, 2.75) is 32.1 Å². The van der Waals surface area contributed by atoms with Crippen molar-refractivity contribution in [1.29, 1.82) is 0 Å². The number of aromatic amines is 1. The molecule has 1 N–H and O–H groups in total. The van der Waals surface area contributed by atoms with Crippen molar-refractivity contribution >= 4 is 51.7 Å². The van der Waals surface area contributed by atoms with Gasteiger partial charge in [-0.15, -0.1) is 0 Å². The highest BCUT2D eigenvalue weighted by atomic mass is 127. The van der Waals surface area contributed by atoms with Gasteiger partial charge in [0.05, 0.1) is 29.7 Å². The minimum Gasteiger partial charge on any atom is -0.464 e. The second-order valence-electron chi connectivity index (χ2n) is 6.29. The number of alkyl halides is 1. The third-order valence-corrected chi connectivity index (χ3v) is 5.47. The SMILES string of the molecule is CCOC(=O)C(c1[nH]c(=S)n2c1CC(F)C2)n1cc2c(F)cc(I)cc2n1. The fourth-order valence-electron chi connectivity index (χ4n) is 3.41. The molecule has 2 unspecified atom stereocenters. The Kier molecular flexibility index (Phi) is 4.78. The highest BCUT2D eigenvalue weighted by Gasteiger charge is 2.35. The van der Waals surface area contributed by atoms with Crippen molar-refractivity contribution in [3.8, 4) is 0 Å². The van der Waals surface area contributed by atoms with Gasteiger partial charge in [-0.1, -0.05) is 0 Å². The second-order valence-corrected chi connectivity index (χ2v) is 7.92. The number of ether oxygens (including phenoxy) is 1. The molecule has 4 rings (SSSR count). The van der Waals surface area contributed by atoms with E-state index in [0.29, 0.717) is 30.6 Å². The summed E-state index contributed by atoms with van der Waals surface area (Å²) in [5, 5.41) is 4.68. The maximum atomic E-state index is 14.3. The number of H-pyrrole nitrogens is 1. The van der Waals surface area contributed by atoms with Crippen LogP contribution in [0.5, 0.6) is 0 Å². The fraction of sp³-hybridized carbons (Fsp3) is 0.353. The number of hydrogen-bond acceptors (Lipinski definition) is 4. The first-order valence-electron chi connectivity index (χ1n) is 8.35. The minimum absolute atomic E-state index is 0.144. The molecule has 10 heteroatoms. The molecular formula is C17H15F2IN4O2S. The lowest BCUT2D eigenvalue weighted by Crippen LogP contribution is -2.25. The number of nitrogens with one attached hydrogen (secondary N) is 1. The van der Waals surface area contributed by atoms with Crippen LogP contribution < -0.4 is 0 Å². The van der Waals surface area contributed by atoms with Crippen LogP contribution in [0.25, 0.3) is 10.9 Å². The van der Waals surface area contributed by atoms with E-state index in [9.17, 15) is 13.6 Å². The van der Waals surface area contributed by atoms with Crippen molar-refractivity contribution in [2.75, 3.05) is 6.61 Å². The largest absolute Gasteiger partial charge is 0.464 e. The van der Waals surface area contributed by atoms with Crippen molar-refractivity contribution in [3.05, 3.63) is 43.9 Å². The average Bonchev–Trinajstić information content (AvgIpc) is 3.24. The van der Waals surface area contributed by atoms with Crippen molar-refractivity contribution in [1.82, 2.24) is 19.3 Å². The Balaban J connectivity index is 1.89. The van der Waals surface area contributed by atoms with Gasteiger partial charge in [0, 0.05) is 21.9 Å². The number of rotatable bonds is 4. The first-order chi connectivity index (χ1) is 12.9. The fourth-order valence-corrected chi connectivity index (χ4v) is 4.28. The van der Waals surface area contributed by atoms with Gasteiger partial charge in [-0.05, 0) is 53.9 Å². The highest BCUT2D eigenvalue weighted by Crippen LogP contribution is 2.30. The third-order valence-electron chi connectivity index (χ3n) is 4.52. The maximum absolute atomic E-state index is 14.3. The van der Waals surface area contributed by atoms with E-state index in [1.54, 1.807) is 17.6 Å². The zero-order chi connectivity index (χ0) is 19.3. The van der Waals surface area contributed by atoms with E-state index in [0.717, 1.165) is 0 Å². The number of fused-ring (bicyclic) bond motifs is 2. The van der Waals surface area contributed by atoms with Crippen LogP contribution in [-0.4, -0.2) is 38.1 Å². The summed E-state index contributed by atoms with van der Waals surface area (Å²) in [6.45, 7) is 2.01. The summed E-state index contributed by atoms with van der Waals surface area (Å²) in [6.07, 6.45) is 0.546. The minimum atomic E-state index is -1.06. The van der Waals surface area contributed by atoms with E-state index in [2.05, 4.69) is 10.1 Å². The standard InChI is InChI=1S/C17H15F2IN4O2S/c1-2-26-16(25)15(14-13-3-8(18)6-23(13)17(27)21-14)24-7-10-11(19)4-9(20)5-12(10)22-24/h4-5,7-8,15H,2-3,6H2,1H3,(H,21,27). The van der Waals surface area contributed by atoms with Gasteiger partial charge in [-0.3, -0.25) is 4.68 Å². The molecule has 0 radical (unpaired) electrons. The topological polar surface area (TPSA) is 64.8 Å². The monoisotopic (exact) mass is 504 g/mol. The Labute approximate surface area is 171 Å². The number of hydrogen-bond donors (Lipinski definition) is 1. The number of aromatic nitrogens is 4. The summed E-state index contributed by atoms with van der Waals surface area (Å²) in [5.41, 5.74) is 1.47. The normalized spacial score (nSPS) is 17.3. The number of benzene rings is 1. The highest BCUT2D eigenvalue weighted by molar-refractivity contribution is 14.1. The Hall–Kier alpha value is -1.82. The summed E-state index contributed by atoms with van der Waals surface area (Å²) in [6, 6.07) is 2.12. The Morgan fingerprint density at radius 2 is 2.33 bits per heavy atom. The van der Waals surface area contributed by atoms with Crippen LogP contribution in [-0.2, 0) is 22.5 Å². The Bertz CT molecular complexity index is 1110. The van der Waals surface area contributed by atoms with Gasteiger partial charge < -0.3 is 14.3 Å². The van der Waals surface area contributed by atoms with Crippen LogP contribution in [0, 0.1) is 14.2 Å². The smallest absolute Gasteiger partial charge is 0.337 e. The third kappa shape index (κ3) is 3.18. The molecular weight excluding hydrogens is 489 g/mol. The number of carbonyl (C=O) groups is 1. The molecule has 0 bridgehead atoms. The van der Waals surface area contributed by atoms with Crippen LogP contribution in [0.3, 0.4) is 0 Å². The van der Waals surface area contributed by atoms with Crippen molar-refractivity contribution < 1.29 is 18.3 Å². The van der Waals surface area contributed by atoms with Crippen LogP contribution in [0.2, 0.25) is 0 Å². The summed E-state index contributed by atoms with van der Waals surface area (Å²) in [4.78, 5) is 15.7. The summed E-state index contributed by atoms with van der Waals surface area (Å²) in [5.74, 6) is -0.994. The lowest BCUT2D eigenvalue weighted by molar-refractivity contribution is -0.146. The first kappa shape index (κ1) is 18.5. The van der Waals surface area contributed by atoms with E-state index in [1.807, 2.05) is 22.6 Å². The lowest BCUT2D eigenvalue weighted by Gasteiger charge is -2.16. The molecule has 2 atom stereocenters. The summed E-state index contributed by atoms with van der Waals surface area (Å²) >= 11 is 7.28. The van der Waals surface area contributed by atoms with Gasteiger partial charge in [0.2, 0.25) is 0 Å². The van der Waals surface area contributed by atoms with Crippen LogP contribution in [0.1, 0.15) is 24.4 Å². The average molecular weight is 504 g/mol. The molecule has 142 valence electrons. The molecule has 0 saturated heterocycles. The molecule has 1 aliphatic rings. The molecule has 0 fully saturated rings. The molecule has 3 heterocycles. The summed E-state index contributed by atoms with van der Waals surface area (Å²) in [7, 11) is 0. The Morgan fingerprint density at radius 3 is 3.07 bits per heavy atom. The molecule has 0 spiro atoms. The van der Waals surface area contributed by atoms with E-state index < -0.39 is 24.0 Å². The lowest BCUT2D eigenvalue weighted by atomic mass is 10.1. The van der Waals surface area contributed by atoms with E-state index in [-0.39, 0.29) is 19.6 Å². The number of carbonyl (C=O) groups excluding carboxylic acids is 1. The van der Waals surface area contributed by atoms with Crippen molar-refractivity contribution in [2.24, 2.45) is 0 Å². The first-order valence-corrected chi connectivity index (χ1v) is 9.84.